The van der Waals surface area contributed by atoms with Gasteiger partial charge in [0.1, 0.15) is 12.3 Å². The summed E-state index contributed by atoms with van der Waals surface area (Å²) >= 11 is 2.00. The van der Waals surface area contributed by atoms with Crippen molar-refractivity contribution in [3.05, 3.63) is 24.2 Å². The Morgan fingerprint density at radius 1 is 1.48 bits per heavy atom. The number of nitrogens with zero attached hydrogens (tertiary/aromatic N) is 2. The van der Waals surface area contributed by atoms with Crippen LogP contribution in [-0.2, 0) is 11.2 Å². The number of guanidine groups is 1. The molecule has 2 heterocycles. The fourth-order valence-electron chi connectivity index (χ4n) is 2.24. The molecule has 0 bridgehead atoms. The summed E-state index contributed by atoms with van der Waals surface area (Å²) < 4.78 is 5.32. The van der Waals surface area contributed by atoms with Crippen LogP contribution in [0.3, 0.4) is 0 Å². The van der Waals surface area contributed by atoms with Crippen molar-refractivity contribution in [2.45, 2.75) is 24.5 Å². The minimum Gasteiger partial charge on any atom is -0.469 e. The summed E-state index contributed by atoms with van der Waals surface area (Å²) in [6.45, 7) is 1.75. The van der Waals surface area contributed by atoms with Gasteiger partial charge in [-0.05, 0) is 30.7 Å². The van der Waals surface area contributed by atoms with Crippen molar-refractivity contribution >= 4 is 23.6 Å². The molecule has 2 rings (SSSR count). The monoisotopic (exact) mass is 338 g/mol. The van der Waals surface area contributed by atoms with Crippen molar-refractivity contribution in [1.82, 2.24) is 15.5 Å². The Kier molecular flexibility index (Phi) is 7.32. The van der Waals surface area contributed by atoms with E-state index in [9.17, 15) is 4.79 Å². The number of rotatable bonds is 7. The molecule has 1 aliphatic heterocycles. The van der Waals surface area contributed by atoms with Gasteiger partial charge in [-0.3, -0.25) is 4.79 Å². The maximum atomic E-state index is 11.7. The van der Waals surface area contributed by atoms with E-state index in [4.69, 9.17) is 4.42 Å². The molecule has 1 fully saturated rings. The third-order valence-electron chi connectivity index (χ3n) is 3.64. The van der Waals surface area contributed by atoms with Crippen LogP contribution >= 0.6 is 11.8 Å². The molecule has 1 saturated heterocycles. The summed E-state index contributed by atoms with van der Waals surface area (Å²) in [6.07, 6.45) is 4.99. The largest absolute Gasteiger partial charge is 0.469 e. The van der Waals surface area contributed by atoms with Crippen LogP contribution < -0.4 is 10.6 Å². The second kappa shape index (κ2) is 9.50. The Bertz CT molecular complexity index is 496. The van der Waals surface area contributed by atoms with E-state index in [1.165, 1.54) is 18.6 Å². The summed E-state index contributed by atoms with van der Waals surface area (Å²) in [6, 6.07) is 3.84. The van der Waals surface area contributed by atoms with Gasteiger partial charge in [0.25, 0.3) is 0 Å². The van der Waals surface area contributed by atoms with Crippen molar-refractivity contribution in [3.63, 3.8) is 0 Å². The predicted molar refractivity (Wildman–Crippen MR) is 94.9 cm³/mol. The van der Waals surface area contributed by atoms with Crippen LogP contribution in [0.4, 0.5) is 0 Å². The lowest BCUT2D eigenvalue weighted by Crippen LogP contribution is -2.41. The number of likely N-dealkylation sites (N-methyl/N-ethyl adjacent to an activating group) is 1. The normalized spacial score (nSPS) is 18.0. The van der Waals surface area contributed by atoms with Gasteiger partial charge in [0.05, 0.1) is 6.26 Å². The van der Waals surface area contributed by atoms with Gasteiger partial charge in [-0.2, -0.15) is 11.8 Å². The molecule has 0 spiro atoms. The van der Waals surface area contributed by atoms with Gasteiger partial charge < -0.3 is 20.0 Å². The zero-order valence-corrected chi connectivity index (χ0v) is 14.7. The van der Waals surface area contributed by atoms with Crippen molar-refractivity contribution in [2.75, 3.05) is 39.5 Å². The van der Waals surface area contributed by atoms with Gasteiger partial charge in [0.2, 0.25) is 5.91 Å². The fraction of sp³-hybridized carbons (Fsp3) is 0.625. The van der Waals surface area contributed by atoms with E-state index in [1.54, 1.807) is 25.3 Å². The first-order valence-electron chi connectivity index (χ1n) is 8.01. The average Bonchev–Trinajstić information content (AvgIpc) is 3.22. The highest BCUT2D eigenvalue weighted by molar-refractivity contribution is 8.00. The predicted octanol–water partition coefficient (Wildman–Crippen LogP) is 1.34. The maximum absolute atomic E-state index is 11.7. The number of amides is 1. The third kappa shape index (κ3) is 6.56. The van der Waals surface area contributed by atoms with E-state index in [2.05, 4.69) is 15.6 Å². The molecule has 128 valence electrons. The molecule has 0 aliphatic carbocycles. The van der Waals surface area contributed by atoms with Gasteiger partial charge in [-0.1, -0.05) is 0 Å². The SMILES string of the molecule is CN(C)C(=O)CN=C(NCCc1ccco1)NCC1CCCS1. The molecule has 1 amide bonds. The Labute approximate surface area is 142 Å². The summed E-state index contributed by atoms with van der Waals surface area (Å²) in [5.41, 5.74) is 0. The molecule has 0 radical (unpaired) electrons. The first kappa shape index (κ1) is 17.7. The van der Waals surface area contributed by atoms with Crippen molar-refractivity contribution in [3.8, 4) is 0 Å². The number of hydrogen-bond donors (Lipinski definition) is 2. The zero-order valence-electron chi connectivity index (χ0n) is 13.9. The number of carbonyl (C=O) groups is 1. The van der Waals surface area contributed by atoms with Crippen LogP contribution in [0.2, 0.25) is 0 Å². The van der Waals surface area contributed by atoms with Crippen LogP contribution in [-0.4, -0.2) is 61.5 Å². The topological polar surface area (TPSA) is 69.9 Å². The Morgan fingerprint density at radius 2 is 2.35 bits per heavy atom. The summed E-state index contributed by atoms with van der Waals surface area (Å²) in [5, 5.41) is 7.26. The molecule has 1 aromatic rings. The summed E-state index contributed by atoms with van der Waals surface area (Å²) in [7, 11) is 3.48. The molecular formula is C16H26N4O2S. The standard InChI is InChI=1S/C16H26N4O2S/c1-20(2)15(21)12-19-16(18-11-14-6-4-10-23-14)17-8-7-13-5-3-9-22-13/h3,5,9,14H,4,6-8,10-12H2,1-2H3,(H2,17,18,19). The van der Waals surface area contributed by atoms with Gasteiger partial charge >= 0.3 is 0 Å². The van der Waals surface area contributed by atoms with E-state index in [1.807, 2.05) is 23.9 Å². The molecular weight excluding hydrogens is 312 g/mol. The highest BCUT2D eigenvalue weighted by Crippen LogP contribution is 2.25. The van der Waals surface area contributed by atoms with Gasteiger partial charge in [0.15, 0.2) is 5.96 Å². The van der Waals surface area contributed by atoms with Gasteiger partial charge in [-0.25, -0.2) is 4.99 Å². The second-order valence-corrected chi connectivity index (χ2v) is 7.13. The van der Waals surface area contributed by atoms with Crippen molar-refractivity contribution in [2.24, 2.45) is 4.99 Å². The van der Waals surface area contributed by atoms with Crippen LogP contribution in [0.25, 0.3) is 0 Å². The molecule has 1 unspecified atom stereocenters. The first-order chi connectivity index (χ1) is 11.1. The van der Waals surface area contributed by atoms with E-state index in [-0.39, 0.29) is 12.5 Å². The van der Waals surface area contributed by atoms with Gasteiger partial charge in [0, 0.05) is 38.9 Å². The number of furan rings is 1. The number of thioether (sulfide) groups is 1. The van der Waals surface area contributed by atoms with Crippen LogP contribution in [0.5, 0.6) is 0 Å². The lowest BCUT2D eigenvalue weighted by Gasteiger charge is -2.15. The lowest BCUT2D eigenvalue weighted by atomic mass is 10.2. The smallest absolute Gasteiger partial charge is 0.243 e. The van der Waals surface area contributed by atoms with E-state index in [0.29, 0.717) is 17.8 Å². The molecule has 2 N–H and O–H groups in total. The maximum Gasteiger partial charge on any atom is 0.243 e. The Balaban J connectivity index is 1.81. The molecule has 23 heavy (non-hydrogen) atoms. The number of aliphatic imine (C=N–C) groups is 1. The molecule has 6 nitrogen and oxygen atoms in total. The zero-order chi connectivity index (χ0) is 16.5. The third-order valence-corrected chi connectivity index (χ3v) is 5.03. The molecule has 0 aromatic carbocycles. The summed E-state index contributed by atoms with van der Waals surface area (Å²) in [5.74, 6) is 2.86. The quantitative estimate of drug-likeness (QED) is 0.580. The highest BCUT2D eigenvalue weighted by atomic mass is 32.2. The van der Waals surface area contributed by atoms with Crippen molar-refractivity contribution < 1.29 is 9.21 Å². The Morgan fingerprint density at radius 3 is 3.00 bits per heavy atom. The first-order valence-corrected chi connectivity index (χ1v) is 9.06. The average molecular weight is 338 g/mol. The fourth-order valence-corrected chi connectivity index (χ4v) is 3.44. The summed E-state index contributed by atoms with van der Waals surface area (Å²) in [4.78, 5) is 17.7. The van der Waals surface area contributed by atoms with Crippen LogP contribution in [0, 0.1) is 0 Å². The number of carbonyl (C=O) groups excluding carboxylic acids is 1. The molecule has 1 atom stereocenters. The molecule has 1 aliphatic rings. The van der Waals surface area contributed by atoms with Crippen LogP contribution in [0.15, 0.2) is 27.8 Å². The minimum atomic E-state index is -0.00706. The van der Waals surface area contributed by atoms with E-state index < -0.39 is 0 Å². The highest BCUT2D eigenvalue weighted by Gasteiger charge is 2.15. The Hall–Kier alpha value is -1.63. The van der Waals surface area contributed by atoms with E-state index in [0.717, 1.165) is 18.7 Å². The minimum absolute atomic E-state index is 0.00706. The van der Waals surface area contributed by atoms with E-state index >= 15 is 0 Å². The second-order valence-electron chi connectivity index (χ2n) is 5.73. The molecule has 7 heteroatoms. The van der Waals surface area contributed by atoms with Crippen LogP contribution in [0.1, 0.15) is 18.6 Å². The lowest BCUT2D eigenvalue weighted by molar-refractivity contribution is -0.127. The number of nitrogens with one attached hydrogen (secondary N) is 2. The molecule has 0 saturated carbocycles. The molecule has 1 aromatic heterocycles. The van der Waals surface area contributed by atoms with Gasteiger partial charge in [-0.15, -0.1) is 0 Å². The number of hydrogen-bond acceptors (Lipinski definition) is 4. The van der Waals surface area contributed by atoms with Crippen molar-refractivity contribution in [1.29, 1.82) is 0 Å².